The van der Waals surface area contributed by atoms with Crippen molar-refractivity contribution in [2.45, 2.75) is 25.7 Å². The fraction of sp³-hybridized carbons (Fsp3) is 0.0500. The number of hydrogen-bond acceptors (Lipinski definition) is 3. The van der Waals surface area contributed by atoms with Crippen molar-refractivity contribution >= 4 is 100 Å². The molecule has 86 heavy (non-hydrogen) atoms. The quantitative estimate of drug-likeness (QED) is 0.161. The van der Waals surface area contributed by atoms with Crippen molar-refractivity contribution in [3.63, 3.8) is 0 Å². The van der Waals surface area contributed by atoms with Gasteiger partial charge in [0.25, 0.3) is 0 Å². The van der Waals surface area contributed by atoms with Crippen molar-refractivity contribution in [1.29, 1.82) is 0 Å². The predicted molar refractivity (Wildman–Crippen MR) is 355 cm³/mol. The molecule has 0 fully saturated rings. The molecule has 5 heterocycles. The molecule has 2 aliphatic heterocycles. The summed E-state index contributed by atoms with van der Waals surface area (Å²) in [6.45, 7) is 4.80. The van der Waals surface area contributed by atoms with Gasteiger partial charge in [-0.3, -0.25) is 9.88 Å². The van der Waals surface area contributed by atoms with E-state index in [1.165, 1.54) is 71.5 Å². The Morgan fingerprint density at radius 2 is 0.907 bits per heavy atom. The largest absolute Gasteiger partial charge is 0.310 e. The van der Waals surface area contributed by atoms with E-state index in [-0.39, 0.29) is 0 Å². The van der Waals surface area contributed by atoms with Crippen LogP contribution in [0.1, 0.15) is 31.4 Å². The van der Waals surface area contributed by atoms with Gasteiger partial charge in [0.15, 0.2) is 0 Å². The van der Waals surface area contributed by atoms with E-state index in [4.69, 9.17) is 4.98 Å². The number of allylic oxidation sites excluding steroid dienone is 2. The number of anilines is 5. The smallest absolute Gasteiger partial charge is 0.235 e. The van der Waals surface area contributed by atoms with Gasteiger partial charge >= 0.3 is 0 Å². The fourth-order valence-electron chi connectivity index (χ4n) is 14.9. The van der Waals surface area contributed by atoms with Gasteiger partial charge in [-0.2, -0.15) is 4.58 Å². The molecule has 6 heteroatoms. The number of pyridine rings is 1. The van der Waals surface area contributed by atoms with Crippen molar-refractivity contribution in [3.8, 4) is 11.4 Å². The molecular weight excluding hydrogens is 1040 g/mol. The molecule has 2 aliphatic carbocycles. The molecule has 0 radical (unpaired) electrons. The van der Waals surface area contributed by atoms with E-state index in [2.05, 4.69) is 323 Å². The van der Waals surface area contributed by atoms with E-state index in [1.807, 2.05) is 0 Å². The summed E-state index contributed by atoms with van der Waals surface area (Å²) in [6.07, 6.45) is 5.27. The third-order valence-electron chi connectivity index (χ3n) is 18.7. The highest BCUT2D eigenvalue weighted by Crippen LogP contribution is 2.52. The molecule has 0 atom stereocenters. The number of para-hydroxylation sites is 10. The lowest BCUT2D eigenvalue weighted by atomic mass is 9.73. The van der Waals surface area contributed by atoms with Crippen molar-refractivity contribution in [2.75, 3.05) is 9.80 Å². The summed E-state index contributed by atoms with van der Waals surface area (Å²) in [4.78, 5) is 10.9. The van der Waals surface area contributed by atoms with Gasteiger partial charge in [0.05, 0.1) is 57.1 Å². The normalized spacial score (nSPS) is 14.6. The highest BCUT2D eigenvalue weighted by atomic mass is 15.2. The summed E-state index contributed by atoms with van der Waals surface area (Å²) in [6, 6.07) is 101. The van der Waals surface area contributed by atoms with E-state index in [0.717, 1.165) is 88.5 Å². The van der Waals surface area contributed by atoms with Crippen LogP contribution in [-0.4, -0.2) is 19.8 Å². The number of benzene rings is 11. The third kappa shape index (κ3) is 6.95. The number of fused-ring (bicyclic) bond motifs is 14. The monoisotopic (exact) mass is 1100 g/mol. The maximum Gasteiger partial charge on any atom is 0.235 e. The molecular formula is C80H55N6+. The minimum absolute atomic E-state index is 0.393. The number of aromatic nitrogens is 3. The van der Waals surface area contributed by atoms with Crippen molar-refractivity contribution in [3.05, 3.63) is 334 Å². The highest BCUT2D eigenvalue weighted by Gasteiger charge is 2.42. The number of nitrogens with zero attached hydrogens (tertiary/aromatic N) is 6. The zero-order chi connectivity index (χ0) is 56.8. The van der Waals surface area contributed by atoms with Gasteiger partial charge in [0.1, 0.15) is 11.4 Å². The summed E-state index contributed by atoms with van der Waals surface area (Å²) in [5, 5.41) is 11.4. The molecule has 0 unspecified atom stereocenters. The predicted octanol–water partition coefficient (Wildman–Crippen LogP) is 17.7. The van der Waals surface area contributed by atoms with Gasteiger partial charge in [-0.15, -0.1) is 0 Å². The molecule has 0 spiro atoms. The number of rotatable bonds is 5. The molecule has 3 aromatic heterocycles. The molecule has 0 saturated heterocycles. The second-order valence-electron chi connectivity index (χ2n) is 23.7. The van der Waals surface area contributed by atoms with E-state index in [0.29, 0.717) is 6.42 Å². The van der Waals surface area contributed by atoms with Crippen molar-refractivity contribution in [1.82, 2.24) is 18.7 Å². The maximum atomic E-state index is 5.90. The molecule has 0 bridgehead atoms. The van der Waals surface area contributed by atoms with Crippen LogP contribution in [0.3, 0.4) is 0 Å². The molecule has 4 aliphatic rings. The summed E-state index contributed by atoms with van der Waals surface area (Å²) in [7, 11) is 0. The molecule has 0 N–H and O–H groups in total. The van der Waals surface area contributed by atoms with Gasteiger partial charge in [0.2, 0.25) is 17.1 Å². The average Bonchev–Trinajstić information content (AvgIpc) is 1.55. The Labute approximate surface area is 496 Å². The van der Waals surface area contributed by atoms with E-state index in [1.54, 1.807) is 0 Å². The molecule has 404 valence electrons. The molecule has 6 nitrogen and oxygen atoms in total. The summed E-state index contributed by atoms with van der Waals surface area (Å²) >= 11 is 0. The van der Waals surface area contributed by atoms with Crippen LogP contribution >= 0.6 is 0 Å². The zero-order valence-electron chi connectivity index (χ0n) is 47.5. The first-order chi connectivity index (χ1) is 42.5. The molecule has 18 rings (SSSR count). The van der Waals surface area contributed by atoms with Crippen LogP contribution in [0.4, 0.5) is 39.8 Å². The summed E-state index contributed by atoms with van der Waals surface area (Å²) in [5.74, 6) is 0. The van der Waals surface area contributed by atoms with Crippen LogP contribution in [0.15, 0.2) is 291 Å². The van der Waals surface area contributed by atoms with Crippen molar-refractivity contribution < 1.29 is 0 Å². The first-order valence-electron chi connectivity index (χ1n) is 29.8. The van der Waals surface area contributed by atoms with Crippen LogP contribution in [-0.2, 0) is 5.41 Å². The standard InChI is InChI=1S/C80H55N6/c1-80(2)67-34-16-21-39-73(67)82(51-24-6-3-7-25-51)76-47-64-63-49-78-77(83(52-26-8-4-9-27-52)74-40-22-23-41-75(74)84(78)53-28-10-5-11-29-53)48-62(63)56-43-42-54(85-69-35-17-12-30-57(69)58-31-13-18-36-70(58)85)44-61(56)65-45-55(50-81-79(65)66(64)46-68(76)80)86-71-37-19-14-32-59(71)60-33-15-20-38-72(60)86/h3-47,49-50H,48H2,1-2H3/q+1. The van der Waals surface area contributed by atoms with Crippen LogP contribution in [0, 0.1) is 21.0 Å². The van der Waals surface area contributed by atoms with E-state index < -0.39 is 5.41 Å². The first kappa shape index (κ1) is 48.5. The van der Waals surface area contributed by atoms with Gasteiger partial charge in [0, 0.05) is 72.7 Å². The van der Waals surface area contributed by atoms with Gasteiger partial charge < -0.3 is 14.0 Å². The Morgan fingerprint density at radius 3 is 1.55 bits per heavy atom. The second kappa shape index (κ2) is 18.5. The highest BCUT2D eigenvalue weighted by molar-refractivity contribution is 6.22. The van der Waals surface area contributed by atoms with Gasteiger partial charge in [-0.05, 0) is 135 Å². The maximum absolute atomic E-state index is 5.90. The zero-order valence-corrected chi connectivity index (χ0v) is 47.5. The Balaban J connectivity index is 1.08. The SMILES string of the molecule is CC1(C)c2ccccc2N(c2ccccc2)c2cc3c(cc21)=c1ncc(-n2c4ccccc4c4ccccc42)cc1=c1cc(-n2c4ccccc4c4ccccc42)ccc1=C1CC2=[N+](c4ccccc4)c4ccccc4N(c4ccccc4)C2=CC=31. The average molecular weight is 1100 g/mol. The summed E-state index contributed by atoms with van der Waals surface area (Å²) < 4.78 is 7.41. The lowest BCUT2D eigenvalue weighted by Gasteiger charge is -2.42. The van der Waals surface area contributed by atoms with Crippen LogP contribution in [0.25, 0.3) is 66.1 Å². The number of hydrogen-bond donors (Lipinski definition) is 0. The molecule has 0 saturated carbocycles. The lowest BCUT2D eigenvalue weighted by Crippen LogP contribution is -2.38. The first-order valence-corrected chi connectivity index (χ1v) is 29.8. The summed E-state index contributed by atoms with van der Waals surface area (Å²) in [5.41, 5.74) is 21.5. The Hall–Kier alpha value is -11.1. The molecule has 11 aromatic carbocycles. The minimum Gasteiger partial charge on any atom is -0.310 e. The van der Waals surface area contributed by atoms with Gasteiger partial charge in [-0.1, -0.05) is 178 Å². The molecule has 14 aromatic rings. The Kier molecular flexibility index (Phi) is 10.4. The fourth-order valence-corrected chi connectivity index (χ4v) is 14.9. The Morgan fingerprint density at radius 1 is 0.384 bits per heavy atom. The topological polar surface area (TPSA) is 32.2 Å². The minimum atomic E-state index is -0.393. The second-order valence-corrected chi connectivity index (χ2v) is 23.7. The Bertz CT molecular complexity index is 5550. The van der Waals surface area contributed by atoms with Crippen LogP contribution in [0.5, 0.6) is 0 Å². The molecule has 0 amide bonds. The van der Waals surface area contributed by atoms with Gasteiger partial charge in [-0.25, -0.2) is 0 Å². The van der Waals surface area contributed by atoms with E-state index >= 15 is 0 Å². The van der Waals surface area contributed by atoms with Crippen LogP contribution < -0.4 is 24.8 Å². The lowest BCUT2D eigenvalue weighted by molar-refractivity contribution is 0.631. The van der Waals surface area contributed by atoms with E-state index in [9.17, 15) is 0 Å². The third-order valence-corrected chi connectivity index (χ3v) is 18.7. The van der Waals surface area contributed by atoms with Crippen molar-refractivity contribution in [2.24, 2.45) is 0 Å². The van der Waals surface area contributed by atoms with Crippen LogP contribution in [0.2, 0.25) is 0 Å².